The summed E-state index contributed by atoms with van der Waals surface area (Å²) >= 11 is 6.30. The van der Waals surface area contributed by atoms with Crippen molar-refractivity contribution in [2.24, 2.45) is 17.6 Å². The number of hydrogen-bond donors (Lipinski definition) is 5. The number of aromatic nitrogens is 1. The standard InChI is InChI=1S/C35H40ClN5O5/c1-19(2)38-33(43)25-12-13-27(20(3)14-25)23-8-4-21(5-9-23)15-30(40-32(42)24-10-6-22(18-37)7-11-24)34(44)39-26-16-28(36)31-29(17-26)41-35(45)46-31/h4-5,8-9,12-14,16-17,19,22,24,30H,6-7,10-11,15,18,37H2,1-3H3,(H,38,43)(H,39,44)(H,40,42)(H,41,45)/t22?,24?,30-/m0/s1. The molecule has 1 aliphatic rings. The molecule has 0 bridgehead atoms. The maximum atomic E-state index is 13.7. The van der Waals surface area contributed by atoms with Gasteiger partial charge in [0.05, 0.1) is 10.5 Å². The minimum atomic E-state index is -0.871. The Kier molecular flexibility index (Phi) is 10.3. The van der Waals surface area contributed by atoms with Crippen LogP contribution in [-0.2, 0) is 16.0 Å². The summed E-state index contributed by atoms with van der Waals surface area (Å²) in [5.41, 5.74) is 11.1. The van der Waals surface area contributed by atoms with Crippen molar-refractivity contribution in [2.75, 3.05) is 11.9 Å². The van der Waals surface area contributed by atoms with Gasteiger partial charge in [-0.05, 0) is 105 Å². The summed E-state index contributed by atoms with van der Waals surface area (Å²) < 4.78 is 5.06. The fraction of sp³-hybridized carbons (Fsp3) is 0.371. The number of anilines is 1. The minimum Gasteiger partial charge on any atom is -0.406 e. The zero-order valence-electron chi connectivity index (χ0n) is 26.2. The summed E-state index contributed by atoms with van der Waals surface area (Å²) in [6, 6.07) is 15.7. The Balaban J connectivity index is 1.34. The molecule has 1 aliphatic carbocycles. The number of fused-ring (bicyclic) bond motifs is 1. The lowest BCUT2D eigenvalue weighted by atomic mass is 9.81. The van der Waals surface area contributed by atoms with Gasteiger partial charge >= 0.3 is 5.76 Å². The van der Waals surface area contributed by atoms with Gasteiger partial charge in [-0.3, -0.25) is 19.4 Å². The number of H-pyrrole nitrogens is 1. The number of oxazole rings is 1. The molecule has 0 spiro atoms. The molecular weight excluding hydrogens is 606 g/mol. The number of rotatable bonds is 10. The van der Waals surface area contributed by atoms with E-state index in [-0.39, 0.29) is 40.8 Å². The van der Waals surface area contributed by atoms with Gasteiger partial charge < -0.3 is 26.1 Å². The van der Waals surface area contributed by atoms with Gasteiger partial charge in [0.1, 0.15) is 6.04 Å². The number of hydrogen-bond acceptors (Lipinski definition) is 6. The zero-order chi connectivity index (χ0) is 33.0. The summed E-state index contributed by atoms with van der Waals surface area (Å²) in [5.74, 6) is -1.10. The molecule has 1 heterocycles. The second-order valence-corrected chi connectivity index (χ2v) is 12.8. The molecule has 1 fully saturated rings. The van der Waals surface area contributed by atoms with Gasteiger partial charge in [-0.2, -0.15) is 0 Å². The predicted octanol–water partition coefficient (Wildman–Crippen LogP) is 5.32. The molecule has 242 valence electrons. The van der Waals surface area contributed by atoms with Gasteiger partial charge in [0.2, 0.25) is 11.8 Å². The van der Waals surface area contributed by atoms with E-state index < -0.39 is 17.7 Å². The molecule has 10 nitrogen and oxygen atoms in total. The highest BCUT2D eigenvalue weighted by molar-refractivity contribution is 6.35. The van der Waals surface area contributed by atoms with Crippen LogP contribution >= 0.6 is 11.6 Å². The molecule has 11 heteroatoms. The van der Waals surface area contributed by atoms with Crippen molar-refractivity contribution in [2.45, 2.75) is 65.0 Å². The molecule has 6 N–H and O–H groups in total. The van der Waals surface area contributed by atoms with Gasteiger partial charge in [0, 0.05) is 29.6 Å². The third kappa shape index (κ3) is 7.86. The Morgan fingerprint density at radius 1 is 1.00 bits per heavy atom. The van der Waals surface area contributed by atoms with E-state index in [4.69, 9.17) is 21.8 Å². The topological polar surface area (TPSA) is 159 Å². The first-order chi connectivity index (χ1) is 22.0. The number of carbonyl (C=O) groups excluding carboxylic acids is 3. The van der Waals surface area contributed by atoms with Crippen LogP contribution in [0.4, 0.5) is 5.69 Å². The average molecular weight is 646 g/mol. The van der Waals surface area contributed by atoms with E-state index in [2.05, 4.69) is 20.9 Å². The summed E-state index contributed by atoms with van der Waals surface area (Å²) in [6.45, 7) is 6.43. The monoisotopic (exact) mass is 645 g/mol. The maximum absolute atomic E-state index is 13.7. The number of aryl methyl sites for hydroxylation is 1. The van der Waals surface area contributed by atoms with Crippen LogP contribution in [0.1, 0.15) is 61.0 Å². The van der Waals surface area contributed by atoms with Crippen LogP contribution in [0, 0.1) is 18.8 Å². The maximum Gasteiger partial charge on any atom is 0.417 e. The Labute approximate surface area is 272 Å². The highest BCUT2D eigenvalue weighted by atomic mass is 35.5. The highest BCUT2D eigenvalue weighted by Crippen LogP contribution is 2.30. The lowest BCUT2D eigenvalue weighted by molar-refractivity contribution is -0.130. The summed E-state index contributed by atoms with van der Waals surface area (Å²) in [5, 5.41) is 8.93. The average Bonchev–Trinajstić information content (AvgIpc) is 3.41. The van der Waals surface area contributed by atoms with E-state index in [1.807, 2.05) is 63.2 Å². The molecule has 0 saturated heterocycles. The first kappa shape index (κ1) is 33.0. The Morgan fingerprint density at radius 2 is 1.72 bits per heavy atom. The summed E-state index contributed by atoms with van der Waals surface area (Å²) in [6.07, 6.45) is 3.48. The molecule has 1 aromatic heterocycles. The molecule has 1 saturated carbocycles. The Bertz CT molecular complexity index is 1790. The van der Waals surface area contributed by atoms with Crippen LogP contribution in [0.2, 0.25) is 5.02 Å². The molecule has 0 unspecified atom stereocenters. The van der Waals surface area contributed by atoms with Crippen molar-refractivity contribution in [1.82, 2.24) is 15.6 Å². The van der Waals surface area contributed by atoms with Gasteiger partial charge in [-0.15, -0.1) is 0 Å². The number of nitrogens with one attached hydrogen (secondary N) is 4. The zero-order valence-corrected chi connectivity index (χ0v) is 27.0. The quantitative estimate of drug-likeness (QED) is 0.157. The molecule has 46 heavy (non-hydrogen) atoms. The van der Waals surface area contributed by atoms with E-state index >= 15 is 0 Å². The molecule has 3 aromatic carbocycles. The number of aromatic amines is 1. The normalized spacial score (nSPS) is 17.1. The van der Waals surface area contributed by atoms with Crippen molar-refractivity contribution in [3.8, 4) is 11.1 Å². The van der Waals surface area contributed by atoms with Crippen LogP contribution in [0.15, 0.2) is 63.8 Å². The Hall–Kier alpha value is -4.41. The van der Waals surface area contributed by atoms with E-state index in [1.165, 1.54) is 6.07 Å². The largest absolute Gasteiger partial charge is 0.417 e. The third-order valence-corrected chi connectivity index (χ3v) is 8.82. The van der Waals surface area contributed by atoms with Gasteiger partial charge in [-0.1, -0.05) is 41.9 Å². The van der Waals surface area contributed by atoms with Crippen molar-refractivity contribution in [3.63, 3.8) is 0 Å². The lowest BCUT2D eigenvalue weighted by Gasteiger charge is -2.28. The van der Waals surface area contributed by atoms with Crippen molar-refractivity contribution in [1.29, 1.82) is 0 Å². The molecule has 0 radical (unpaired) electrons. The molecule has 1 atom stereocenters. The van der Waals surface area contributed by atoms with Crippen LogP contribution in [0.5, 0.6) is 0 Å². The third-order valence-electron chi connectivity index (χ3n) is 8.54. The number of nitrogens with two attached hydrogens (primary N) is 1. The molecule has 0 aliphatic heterocycles. The first-order valence-electron chi connectivity index (χ1n) is 15.6. The van der Waals surface area contributed by atoms with Crippen LogP contribution in [0.25, 0.3) is 22.2 Å². The van der Waals surface area contributed by atoms with E-state index in [1.54, 1.807) is 6.07 Å². The molecule has 4 aromatic rings. The predicted molar refractivity (Wildman–Crippen MR) is 180 cm³/mol. The summed E-state index contributed by atoms with van der Waals surface area (Å²) in [4.78, 5) is 53.7. The fourth-order valence-electron chi connectivity index (χ4n) is 6.01. The SMILES string of the molecule is Cc1cc(C(=O)NC(C)C)ccc1-c1ccc(C[C@H](NC(=O)C2CCC(CN)CC2)C(=O)Nc2cc(Cl)c3oc(=O)[nH]c3c2)cc1. The summed E-state index contributed by atoms with van der Waals surface area (Å²) in [7, 11) is 0. The van der Waals surface area contributed by atoms with Gasteiger partial charge in [0.25, 0.3) is 5.91 Å². The molecular formula is C35H40ClN5O5. The van der Waals surface area contributed by atoms with Gasteiger partial charge in [-0.25, -0.2) is 4.79 Å². The lowest BCUT2D eigenvalue weighted by Crippen LogP contribution is -2.48. The molecule has 5 rings (SSSR count). The number of halogens is 1. The number of benzene rings is 3. The van der Waals surface area contributed by atoms with E-state index in [0.717, 1.165) is 47.9 Å². The number of amides is 3. The van der Waals surface area contributed by atoms with Gasteiger partial charge in [0.15, 0.2) is 5.58 Å². The van der Waals surface area contributed by atoms with Crippen molar-refractivity contribution < 1.29 is 18.8 Å². The van der Waals surface area contributed by atoms with Crippen molar-refractivity contribution in [3.05, 3.63) is 86.9 Å². The number of carbonyl (C=O) groups is 3. The van der Waals surface area contributed by atoms with Crippen LogP contribution in [0.3, 0.4) is 0 Å². The first-order valence-corrected chi connectivity index (χ1v) is 16.0. The van der Waals surface area contributed by atoms with Crippen LogP contribution in [-0.4, -0.2) is 41.3 Å². The van der Waals surface area contributed by atoms with Crippen molar-refractivity contribution >= 4 is 46.1 Å². The van der Waals surface area contributed by atoms with E-state index in [0.29, 0.717) is 29.2 Å². The second kappa shape index (κ2) is 14.3. The van der Waals surface area contributed by atoms with E-state index in [9.17, 15) is 19.2 Å². The minimum absolute atomic E-state index is 0.0467. The highest BCUT2D eigenvalue weighted by Gasteiger charge is 2.29. The molecule has 3 amide bonds. The Morgan fingerprint density at radius 3 is 2.37 bits per heavy atom. The fourth-order valence-corrected chi connectivity index (χ4v) is 6.27. The smallest absolute Gasteiger partial charge is 0.406 e. The second-order valence-electron chi connectivity index (χ2n) is 12.4. The van der Waals surface area contributed by atoms with Crippen LogP contribution < -0.4 is 27.4 Å².